The molecule has 0 aromatic heterocycles. The van der Waals surface area contributed by atoms with Gasteiger partial charge in [-0.2, -0.15) is 0 Å². The molecule has 2 nitrogen and oxygen atoms in total. The first-order chi connectivity index (χ1) is 9.45. The second kappa shape index (κ2) is 6.55. The van der Waals surface area contributed by atoms with Crippen LogP contribution in [0.15, 0.2) is 50.6 Å². The van der Waals surface area contributed by atoms with E-state index in [1.807, 2.05) is 24.3 Å². The quantitative estimate of drug-likeness (QED) is 0.660. The van der Waals surface area contributed by atoms with Gasteiger partial charge in [0, 0.05) is 11.1 Å². The van der Waals surface area contributed by atoms with E-state index >= 15 is 0 Å². The van der Waals surface area contributed by atoms with Crippen LogP contribution in [0.5, 0.6) is 0 Å². The third-order valence-corrected chi connectivity index (χ3v) is 5.16. The molecule has 2 unspecified atom stereocenters. The highest BCUT2D eigenvalue weighted by Gasteiger charge is 2.58. The molecule has 0 radical (unpaired) electrons. The van der Waals surface area contributed by atoms with Crippen molar-refractivity contribution in [1.82, 2.24) is 0 Å². The molecule has 0 bridgehead atoms. The maximum Gasteiger partial charge on any atom is 0.0437 e. The van der Waals surface area contributed by atoms with Crippen LogP contribution in [0.1, 0.15) is 44.9 Å². The van der Waals surface area contributed by atoms with Crippen molar-refractivity contribution in [2.75, 3.05) is 0 Å². The van der Waals surface area contributed by atoms with Gasteiger partial charge in [-0.05, 0) is 43.9 Å². The first-order valence-corrected chi connectivity index (χ1v) is 7.46. The molecule has 0 aliphatic heterocycles. The number of allylic oxidation sites excluding steroid dienone is 2. The van der Waals surface area contributed by atoms with Crippen molar-refractivity contribution in [3.8, 4) is 0 Å². The fourth-order valence-electron chi connectivity index (χ4n) is 4.11. The second-order valence-corrected chi connectivity index (χ2v) is 6.23. The van der Waals surface area contributed by atoms with E-state index in [4.69, 9.17) is 11.5 Å². The minimum absolute atomic E-state index is 0.0826. The Morgan fingerprint density at radius 3 is 1.70 bits per heavy atom. The molecule has 2 heteroatoms. The molecule has 20 heavy (non-hydrogen) atoms. The molecular formula is C18H30N2. The van der Waals surface area contributed by atoms with E-state index in [9.17, 15) is 0 Å². The Hall–Kier alpha value is -1.12. The van der Waals surface area contributed by atoms with Gasteiger partial charge in [0.2, 0.25) is 0 Å². The summed E-state index contributed by atoms with van der Waals surface area (Å²) in [5.74, 6) is 0. The lowest BCUT2D eigenvalue weighted by Crippen LogP contribution is -2.74. The average Bonchev–Trinajstić information content (AvgIpc) is 2.38. The normalized spacial score (nSPS) is 32.3. The summed E-state index contributed by atoms with van der Waals surface area (Å²) in [4.78, 5) is 0. The fourth-order valence-corrected chi connectivity index (χ4v) is 4.11. The van der Waals surface area contributed by atoms with Crippen LogP contribution in [0.3, 0.4) is 0 Å². The topological polar surface area (TPSA) is 52.0 Å². The van der Waals surface area contributed by atoms with E-state index in [1.165, 1.54) is 0 Å². The molecule has 1 fully saturated rings. The van der Waals surface area contributed by atoms with Gasteiger partial charge >= 0.3 is 0 Å². The smallest absolute Gasteiger partial charge is 0.0437 e. The summed E-state index contributed by atoms with van der Waals surface area (Å²) < 4.78 is 0. The Morgan fingerprint density at radius 2 is 1.25 bits per heavy atom. The zero-order valence-corrected chi connectivity index (χ0v) is 12.7. The van der Waals surface area contributed by atoms with Crippen LogP contribution in [0, 0.1) is 5.41 Å². The minimum Gasteiger partial charge on any atom is -0.323 e. The Morgan fingerprint density at radius 1 is 0.750 bits per heavy atom. The van der Waals surface area contributed by atoms with Crippen LogP contribution in [0.2, 0.25) is 0 Å². The zero-order chi connectivity index (χ0) is 15.3. The summed E-state index contributed by atoms with van der Waals surface area (Å²) in [6.45, 7) is 15.6. The first kappa shape index (κ1) is 16.9. The van der Waals surface area contributed by atoms with Gasteiger partial charge in [-0.15, -0.1) is 26.3 Å². The van der Waals surface area contributed by atoms with Crippen LogP contribution in [-0.4, -0.2) is 11.1 Å². The molecule has 0 aromatic rings. The highest BCUT2D eigenvalue weighted by molar-refractivity contribution is 5.23. The lowest BCUT2D eigenvalue weighted by atomic mass is 9.49. The Kier molecular flexibility index (Phi) is 5.55. The Labute approximate surface area is 124 Å². The highest BCUT2D eigenvalue weighted by atomic mass is 15.0. The molecule has 0 spiro atoms. The summed E-state index contributed by atoms with van der Waals surface area (Å²) in [5.41, 5.74) is 12.7. The van der Waals surface area contributed by atoms with Gasteiger partial charge in [-0.1, -0.05) is 30.7 Å². The average molecular weight is 274 g/mol. The maximum absolute atomic E-state index is 6.95. The molecule has 0 heterocycles. The first-order valence-electron chi connectivity index (χ1n) is 7.46. The summed E-state index contributed by atoms with van der Waals surface area (Å²) in [6, 6.07) is 0. The molecule has 112 valence electrons. The Bertz CT molecular complexity index is 375. The monoisotopic (exact) mass is 274 g/mol. The van der Waals surface area contributed by atoms with Crippen LogP contribution in [0.25, 0.3) is 0 Å². The Balaban J connectivity index is 3.38. The van der Waals surface area contributed by atoms with Crippen molar-refractivity contribution >= 4 is 0 Å². The molecule has 0 amide bonds. The van der Waals surface area contributed by atoms with Crippen molar-refractivity contribution in [2.45, 2.75) is 56.0 Å². The van der Waals surface area contributed by atoms with Crippen molar-refractivity contribution in [1.29, 1.82) is 0 Å². The van der Waals surface area contributed by atoms with E-state index < -0.39 is 11.1 Å². The summed E-state index contributed by atoms with van der Waals surface area (Å²) in [5, 5.41) is 0. The van der Waals surface area contributed by atoms with Gasteiger partial charge in [-0.25, -0.2) is 0 Å². The molecule has 1 aliphatic rings. The van der Waals surface area contributed by atoms with Crippen LogP contribution in [-0.2, 0) is 0 Å². The third-order valence-electron chi connectivity index (χ3n) is 5.16. The number of hydrogen-bond acceptors (Lipinski definition) is 2. The largest absolute Gasteiger partial charge is 0.323 e. The van der Waals surface area contributed by atoms with Gasteiger partial charge in [-0.3, -0.25) is 0 Å². The van der Waals surface area contributed by atoms with Crippen LogP contribution in [0.4, 0.5) is 0 Å². The number of hydrogen-bond donors (Lipinski definition) is 2. The SMILES string of the molecule is C=CCC1(N)CCCC(CC=C)(CC=C)C1(N)CC=C. The van der Waals surface area contributed by atoms with Crippen molar-refractivity contribution in [2.24, 2.45) is 16.9 Å². The van der Waals surface area contributed by atoms with E-state index in [0.717, 1.165) is 38.5 Å². The van der Waals surface area contributed by atoms with Gasteiger partial charge in [0.1, 0.15) is 0 Å². The fraction of sp³-hybridized carbons (Fsp3) is 0.556. The third kappa shape index (κ3) is 2.55. The predicted octanol–water partition coefficient (Wildman–Crippen LogP) is 3.86. The van der Waals surface area contributed by atoms with Crippen molar-refractivity contribution in [3.63, 3.8) is 0 Å². The van der Waals surface area contributed by atoms with E-state index in [1.54, 1.807) is 0 Å². The standard InChI is InChI=1S/C18H30N2/c1-5-10-16(11-6-2)14-9-15-17(19,12-7-3)18(16,20)13-8-4/h5-8H,1-4,9-15,19-20H2. The molecule has 2 atom stereocenters. The summed E-state index contributed by atoms with van der Waals surface area (Å²) in [7, 11) is 0. The van der Waals surface area contributed by atoms with Gasteiger partial charge in [0.25, 0.3) is 0 Å². The zero-order valence-electron chi connectivity index (χ0n) is 12.7. The predicted molar refractivity (Wildman–Crippen MR) is 89.4 cm³/mol. The molecule has 4 N–H and O–H groups in total. The molecule has 0 aromatic carbocycles. The summed E-state index contributed by atoms with van der Waals surface area (Å²) in [6.07, 6.45) is 14.0. The van der Waals surface area contributed by atoms with E-state index in [-0.39, 0.29) is 5.41 Å². The van der Waals surface area contributed by atoms with E-state index in [2.05, 4.69) is 26.3 Å². The van der Waals surface area contributed by atoms with Gasteiger partial charge < -0.3 is 11.5 Å². The maximum atomic E-state index is 6.95. The molecule has 0 saturated heterocycles. The van der Waals surface area contributed by atoms with Crippen LogP contribution >= 0.6 is 0 Å². The second-order valence-electron chi connectivity index (χ2n) is 6.23. The molecular weight excluding hydrogens is 244 g/mol. The van der Waals surface area contributed by atoms with Crippen molar-refractivity contribution < 1.29 is 0 Å². The van der Waals surface area contributed by atoms with Gasteiger partial charge in [0.15, 0.2) is 0 Å². The van der Waals surface area contributed by atoms with Crippen LogP contribution < -0.4 is 11.5 Å². The van der Waals surface area contributed by atoms with Crippen molar-refractivity contribution in [3.05, 3.63) is 50.6 Å². The lowest BCUT2D eigenvalue weighted by molar-refractivity contribution is -0.00347. The number of rotatable bonds is 8. The lowest BCUT2D eigenvalue weighted by Gasteiger charge is -2.60. The van der Waals surface area contributed by atoms with Gasteiger partial charge in [0.05, 0.1) is 0 Å². The summed E-state index contributed by atoms with van der Waals surface area (Å²) >= 11 is 0. The molecule has 1 rings (SSSR count). The highest BCUT2D eigenvalue weighted by Crippen LogP contribution is 2.54. The molecule has 1 aliphatic carbocycles. The number of nitrogens with two attached hydrogens (primary N) is 2. The molecule has 1 saturated carbocycles. The minimum atomic E-state index is -0.503. The van der Waals surface area contributed by atoms with E-state index in [0.29, 0.717) is 6.42 Å².